The van der Waals surface area contributed by atoms with E-state index < -0.39 is 0 Å². The van der Waals surface area contributed by atoms with Gasteiger partial charge < -0.3 is 9.88 Å². The number of nitrogens with zero attached hydrogens (tertiary/aromatic N) is 3. The molecule has 0 bridgehead atoms. The molecular formula is C17H19FN4OS. The quantitative estimate of drug-likeness (QED) is 0.615. The third kappa shape index (κ3) is 3.84. The summed E-state index contributed by atoms with van der Waals surface area (Å²) >= 11 is 1.34. The Kier molecular flexibility index (Phi) is 4.99. The average Bonchev–Trinajstić information content (AvgIpc) is 3.32. The summed E-state index contributed by atoms with van der Waals surface area (Å²) in [6.07, 6.45) is 4.07. The summed E-state index contributed by atoms with van der Waals surface area (Å²) in [5.41, 5.74) is 0.443. The van der Waals surface area contributed by atoms with Gasteiger partial charge in [0.05, 0.1) is 5.25 Å². The van der Waals surface area contributed by atoms with Crippen molar-refractivity contribution in [1.82, 2.24) is 14.8 Å². The molecule has 0 aliphatic heterocycles. The first kappa shape index (κ1) is 16.7. The number of amides is 1. The fourth-order valence-electron chi connectivity index (χ4n) is 2.35. The van der Waals surface area contributed by atoms with Crippen LogP contribution in [0.4, 0.5) is 10.1 Å². The molecular weight excluding hydrogens is 327 g/mol. The van der Waals surface area contributed by atoms with Crippen LogP contribution < -0.4 is 5.32 Å². The first-order valence-electron chi connectivity index (χ1n) is 7.85. The normalized spacial score (nSPS) is 15.1. The number of thioether (sulfide) groups is 1. The summed E-state index contributed by atoms with van der Waals surface area (Å²) < 4.78 is 15.2. The summed E-state index contributed by atoms with van der Waals surface area (Å²) in [5, 5.41) is 11.5. The van der Waals surface area contributed by atoms with Crippen LogP contribution in [0.15, 0.2) is 42.1 Å². The zero-order chi connectivity index (χ0) is 17.1. The van der Waals surface area contributed by atoms with E-state index in [1.54, 1.807) is 25.1 Å². The van der Waals surface area contributed by atoms with E-state index >= 15 is 0 Å². The van der Waals surface area contributed by atoms with Gasteiger partial charge in [0.2, 0.25) is 5.91 Å². The topological polar surface area (TPSA) is 59.8 Å². The Hall–Kier alpha value is -2.15. The SMILES string of the molecule is C=CCn1c(SC(C)C(=O)Nc2cccc(F)c2)nnc1C1CC1. The second-order valence-electron chi connectivity index (χ2n) is 5.77. The Morgan fingerprint density at radius 3 is 3.00 bits per heavy atom. The summed E-state index contributed by atoms with van der Waals surface area (Å²) in [6, 6.07) is 5.85. The highest BCUT2D eigenvalue weighted by Gasteiger charge is 2.30. The number of rotatable bonds is 7. The molecule has 7 heteroatoms. The second-order valence-corrected chi connectivity index (χ2v) is 7.08. The molecule has 1 aliphatic rings. The predicted molar refractivity (Wildman–Crippen MR) is 92.5 cm³/mol. The molecule has 1 unspecified atom stereocenters. The highest BCUT2D eigenvalue weighted by Crippen LogP contribution is 2.40. The maximum absolute atomic E-state index is 13.2. The number of carbonyl (C=O) groups is 1. The van der Waals surface area contributed by atoms with E-state index in [0.717, 1.165) is 18.7 Å². The molecule has 1 saturated carbocycles. The maximum atomic E-state index is 13.2. The lowest BCUT2D eigenvalue weighted by Crippen LogP contribution is -2.23. The van der Waals surface area contributed by atoms with Crippen molar-refractivity contribution in [2.75, 3.05) is 5.32 Å². The van der Waals surface area contributed by atoms with E-state index in [0.29, 0.717) is 23.3 Å². The Labute approximate surface area is 144 Å². The summed E-state index contributed by atoms with van der Waals surface area (Å²) in [6.45, 7) is 6.19. The third-order valence-electron chi connectivity index (χ3n) is 3.74. The van der Waals surface area contributed by atoms with E-state index in [1.807, 2.05) is 4.57 Å². The number of carbonyl (C=O) groups excluding carboxylic acids is 1. The number of nitrogens with one attached hydrogen (secondary N) is 1. The molecule has 126 valence electrons. The first-order chi connectivity index (χ1) is 11.6. The summed E-state index contributed by atoms with van der Waals surface area (Å²) in [4.78, 5) is 12.3. The Morgan fingerprint density at radius 1 is 1.54 bits per heavy atom. The van der Waals surface area contributed by atoms with Crippen LogP contribution in [-0.4, -0.2) is 25.9 Å². The molecule has 1 heterocycles. The first-order valence-corrected chi connectivity index (χ1v) is 8.73. The molecule has 1 aromatic heterocycles. The maximum Gasteiger partial charge on any atom is 0.237 e. The standard InChI is InChI=1S/C17H19FN4OS/c1-3-9-22-15(12-7-8-12)20-21-17(22)24-11(2)16(23)19-14-6-4-5-13(18)10-14/h3-6,10-12H,1,7-9H2,2H3,(H,19,23). The molecule has 1 atom stereocenters. The highest BCUT2D eigenvalue weighted by molar-refractivity contribution is 8.00. The zero-order valence-electron chi connectivity index (χ0n) is 13.4. The minimum Gasteiger partial charge on any atom is -0.325 e. The van der Waals surface area contributed by atoms with Crippen LogP contribution in [0, 0.1) is 5.82 Å². The molecule has 1 N–H and O–H groups in total. The van der Waals surface area contributed by atoms with Gasteiger partial charge >= 0.3 is 0 Å². The van der Waals surface area contributed by atoms with Gasteiger partial charge in [-0.2, -0.15) is 0 Å². The molecule has 0 saturated heterocycles. The molecule has 1 aromatic carbocycles. The van der Waals surface area contributed by atoms with Crippen molar-refractivity contribution in [3.63, 3.8) is 0 Å². The molecule has 0 spiro atoms. The van der Waals surface area contributed by atoms with Crippen LogP contribution in [0.2, 0.25) is 0 Å². The van der Waals surface area contributed by atoms with Crippen LogP contribution in [0.3, 0.4) is 0 Å². The van der Waals surface area contributed by atoms with Crippen molar-refractivity contribution in [2.24, 2.45) is 0 Å². The monoisotopic (exact) mass is 346 g/mol. The lowest BCUT2D eigenvalue weighted by Gasteiger charge is -2.13. The lowest BCUT2D eigenvalue weighted by atomic mass is 10.3. The predicted octanol–water partition coefficient (Wildman–Crippen LogP) is 3.60. The van der Waals surface area contributed by atoms with E-state index in [2.05, 4.69) is 22.1 Å². The number of halogens is 1. The number of hydrogen-bond donors (Lipinski definition) is 1. The summed E-state index contributed by atoms with van der Waals surface area (Å²) in [7, 11) is 0. The van der Waals surface area contributed by atoms with Crippen LogP contribution in [0.5, 0.6) is 0 Å². The Morgan fingerprint density at radius 2 is 2.33 bits per heavy atom. The van der Waals surface area contributed by atoms with Gasteiger partial charge in [-0.05, 0) is 38.0 Å². The van der Waals surface area contributed by atoms with E-state index in [4.69, 9.17) is 0 Å². The average molecular weight is 346 g/mol. The number of aromatic nitrogens is 3. The number of allylic oxidation sites excluding steroid dienone is 1. The van der Waals surface area contributed by atoms with Crippen LogP contribution >= 0.6 is 11.8 Å². The van der Waals surface area contributed by atoms with Gasteiger partial charge in [0.1, 0.15) is 11.6 Å². The van der Waals surface area contributed by atoms with Crippen molar-refractivity contribution in [3.8, 4) is 0 Å². The molecule has 1 aliphatic carbocycles. The molecule has 1 amide bonds. The van der Waals surface area contributed by atoms with Gasteiger partial charge in [0, 0.05) is 18.2 Å². The molecule has 0 radical (unpaired) electrons. The minimum absolute atomic E-state index is 0.202. The van der Waals surface area contributed by atoms with Crippen molar-refractivity contribution >= 4 is 23.4 Å². The van der Waals surface area contributed by atoms with Gasteiger partial charge in [0.25, 0.3) is 0 Å². The molecule has 1 fully saturated rings. The fourth-order valence-corrected chi connectivity index (χ4v) is 3.22. The second kappa shape index (κ2) is 7.17. The lowest BCUT2D eigenvalue weighted by molar-refractivity contribution is -0.115. The van der Waals surface area contributed by atoms with Crippen molar-refractivity contribution < 1.29 is 9.18 Å². The molecule has 24 heavy (non-hydrogen) atoms. The highest BCUT2D eigenvalue weighted by atomic mass is 32.2. The fraction of sp³-hybridized carbons (Fsp3) is 0.353. The van der Waals surface area contributed by atoms with Gasteiger partial charge in [-0.3, -0.25) is 4.79 Å². The number of benzene rings is 1. The Balaban J connectivity index is 1.68. The molecule has 2 aromatic rings. The van der Waals surface area contributed by atoms with Gasteiger partial charge in [0.15, 0.2) is 5.16 Å². The number of anilines is 1. The van der Waals surface area contributed by atoms with E-state index in [9.17, 15) is 9.18 Å². The van der Waals surface area contributed by atoms with Crippen LogP contribution in [0.1, 0.15) is 31.5 Å². The molecule has 5 nitrogen and oxygen atoms in total. The van der Waals surface area contributed by atoms with Gasteiger partial charge in [-0.25, -0.2) is 4.39 Å². The van der Waals surface area contributed by atoms with Gasteiger partial charge in [-0.15, -0.1) is 16.8 Å². The summed E-state index contributed by atoms with van der Waals surface area (Å²) in [5.74, 6) is 0.859. The van der Waals surface area contributed by atoms with Gasteiger partial charge in [-0.1, -0.05) is 23.9 Å². The smallest absolute Gasteiger partial charge is 0.237 e. The Bertz CT molecular complexity index is 757. The van der Waals surface area contributed by atoms with Crippen LogP contribution in [-0.2, 0) is 11.3 Å². The van der Waals surface area contributed by atoms with Crippen molar-refractivity contribution in [3.05, 3.63) is 48.6 Å². The third-order valence-corrected chi connectivity index (χ3v) is 4.82. The largest absolute Gasteiger partial charge is 0.325 e. The number of hydrogen-bond acceptors (Lipinski definition) is 4. The van der Waals surface area contributed by atoms with E-state index in [1.165, 1.54) is 23.9 Å². The zero-order valence-corrected chi connectivity index (χ0v) is 14.2. The van der Waals surface area contributed by atoms with Crippen LogP contribution in [0.25, 0.3) is 0 Å². The van der Waals surface area contributed by atoms with Crippen molar-refractivity contribution in [1.29, 1.82) is 0 Å². The minimum atomic E-state index is -0.382. The molecule has 3 rings (SSSR count). The van der Waals surface area contributed by atoms with E-state index in [-0.39, 0.29) is 17.0 Å². The van der Waals surface area contributed by atoms with Crippen molar-refractivity contribution in [2.45, 2.75) is 42.6 Å².